The Hall–Kier alpha value is -1.56. The number of sulfone groups is 1. The van der Waals surface area contributed by atoms with Gasteiger partial charge in [-0.15, -0.1) is 0 Å². The Morgan fingerprint density at radius 3 is 2.53 bits per heavy atom. The van der Waals surface area contributed by atoms with Crippen LogP contribution in [0, 0.1) is 0 Å². The Kier molecular flexibility index (Phi) is 3.09. The summed E-state index contributed by atoms with van der Waals surface area (Å²) in [6.07, 6.45) is 0. The van der Waals surface area contributed by atoms with Gasteiger partial charge < -0.3 is 10.4 Å². The highest BCUT2D eigenvalue weighted by atomic mass is 32.2. The number of hydrogen-bond donors (Lipinski definition) is 2. The van der Waals surface area contributed by atoms with Gasteiger partial charge in [-0.2, -0.15) is 0 Å². The van der Waals surface area contributed by atoms with Gasteiger partial charge in [0.1, 0.15) is 0 Å². The molecule has 19 heavy (non-hydrogen) atoms. The number of hydrogen-bond acceptors (Lipinski definition) is 4. The zero-order chi connectivity index (χ0) is 14.4. The summed E-state index contributed by atoms with van der Waals surface area (Å²) in [5.41, 5.74) is 1.19. The van der Waals surface area contributed by atoms with Gasteiger partial charge in [-0.1, -0.05) is 32.9 Å². The summed E-state index contributed by atoms with van der Waals surface area (Å²) in [6.45, 7) is 5.86. The number of anilines is 1. The van der Waals surface area contributed by atoms with Crippen molar-refractivity contribution < 1.29 is 18.3 Å². The molecule has 1 aromatic rings. The van der Waals surface area contributed by atoms with E-state index in [9.17, 15) is 13.2 Å². The van der Waals surface area contributed by atoms with Crippen molar-refractivity contribution in [2.24, 2.45) is 0 Å². The summed E-state index contributed by atoms with van der Waals surface area (Å²) in [5.74, 6) is -1.32. The molecule has 5 nitrogen and oxygen atoms in total. The van der Waals surface area contributed by atoms with Crippen LogP contribution in [0.5, 0.6) is 0 Å². The van der Waals surface area contributed by atoms with Crippen molar-refractivity contribution in [1.29, 1.82) is 0 Å². The van der Waals surface area contributed by atoms with Crippen molar-refractivity contribution >= 4 is 21.5 Å². The summed E-state index contributed by atoms with van der Waals surface area (Å²) in [4.78, 5) is 11.1. The van der Waals surface area contributed by atoms with Gasteiger partial charge in [-0.05, 0) is 17.0 Å². The summed E-state index contributed by atoms with van der Waals surface area (Å²) >= 11 is 0. The van der Waals surface area contributed by atoms with Crippen molar-refractivity contribution in [3.05, 3.63) is 23.8 Å². The first kappa shape index (κ1) is 13.9. The van der Waals surface area contributed by atoms with Crippen molar-refractivity contribution in [3.63, 3.8) is 0 Å². The predicted octanol–water partition coefficient (Wildman–Crippen LogP) is 1.64. The minimum atomic E-state index is -3.83. The van der Waals surface area contributed by atoms with Crippen molar-refractivity contribution in [2.75, 3.05) is 11.9 Å². The molecule has 0 fully saturated rings. The first-order valence-electron chi connectivity index (χ1n) is 6.00. The Morgan fingerprint density at radius 2 is 2.00 bits per heavy atom. The Morgan fingerprint density at radius 1 is 1.37 bits per heavy atom. The number of rotatable bonds is 1. The van der Waals surface area contributed by atoms with E-state index in [1.807, 2.05) is 26.8 Å². The molecule has 1 atom stereocenters. The summed E-state index contributed by atoms with van der Waals surface area (Å²) < 4.78 is 24.6. The van der Waals surface area contributed by atoms with E-state index in [1.165, 1.54) is 6.07 Å². The summed E-state index contributed by atoms with van der Waals surface area (Å²) in [5, 5.41) is 10.6. The fraction of sp³-hybridized carbons (Fsp3) is 0.462. The van der Waals surface area contributed by atoms with Gasteiger partial charge in [0.25, 0.3) is 0 Å². The highest BCUT2D eigenvalue weighted by molar-refractivity contribution is 7.93. The lowest BCUT2D eigenvalue weighted by atomic mass is 9.85. The highest BCUT2D eigenvalue weighted by Crippen LogP contribution is 2.38. The van der Waals surface area contributed by atoms with E-state index in [0.717, 1.165) is 5.56 Å². The molecule has 0 aliphatic carbocycles. The van der Waals surface area contributed by atoms with E-state index < -0.39 is 21.1 Å². The zero-order valence-corrected chi connectivity index (χ0v) is 11.9. The quantitative estimate of drug-likeness (QED) is 0.818. The zero-order valence-electron chi connectivity index (χ0n) is 11.1. The van der Waals surface area contributed by atoms with E-state index in [4.69, 9.17) is 5.11 Å². The monoisotopic (exact) mass is 283 g/mol. The number of carboxylic acid groups (broad SMARTS) is 1. The maximum Gasteiger partial charge on any atom is 0.324 e. The van der Waals surface area contributed by atoms with Crippen LogP contribution in [0.15, 0.2) is 23.1 Å². The molecule has 1 aliphatic rings. The van der Waals surface area contributed by atoms with Crippen molar-refractivity contribution in [1.82, 2.24) is 0 Å². The molecule has 0 bridgehead atoms. The second kappa shape index (κ2) is 4.23. The van der Waals surface area contributed by atoms with Gasteiger partial charge in [0, 0.05) is 6.54 Å². The maximum absolute atomic E-state index is 12.3. The summed E-state index contributed by atoms with van der Waals surface area (Å²) in [7, 11) is -3.83. The first-order valence-corrected chi connectivity index (χ1v) is 7.54. The third-order valence-electron chi connectivity index (χ3n) is 3.26. The average molecular weight is 283 g/mol. The molecule has 0 saturated heterocycles. The number of para-hydroxylation sites is 1. The van der Waals surface area contributed by atoms with Crippen LogP contribution in [-0.2, 0) is 20.0 Å². The minimum absolute atomic E-state index is 0.0820. The molecule has 0 saturated carbocycles. The van der Waals surface area contributed by atoms with Crippen LogP contribution < -0.4 is 5.32 Å². The SMILES string of the molecule is CC(C)(C)c1cccc2c1NCC(C(=O)O)S2(=O)=O. The highest BCUT2D eigenvalue weighted by Gasteiger charge is 2.40. The van der Waals surface area contributed by atoms with E-state index >= 15 is 0 Å². The van der Waals surface area contributed by atoms with Gasteiger partial charge in [-0.25, -0.2) is 8.42 Å². The normalized spacial score (nSPS) is 21.3. The van der Waals surface area contributed by atoms with E-state index in [-0.39, 0.29) is 16.9 Å². The fourth-order valence-corrected chi connectivity index (χ4v) is 3.86. The molecule has 1 heterocycles. The molecule has 2 rings (SSSR count). The molecule has 0 amide bonds. The van der Waals surface area contributed by atoms with E-state index in [1.54, 1.807) is 6.07 Å². The smallest absolute Gasteiger partial charge is 0.324 e. The molecule has 0 radical (unpaired) electrons. The lowest BCUT2D eigenvalue weighted by Gasteiger charge is -2.30. The number of carboxylic acids is 1. The number of fused-ring (bicyclic) bond motifs is 1. The summed E-state index contributed by atoms with van der Waals surface area (Å²) in [6, 6.07) is 4.98. The van der Waals surface area contributed by atoms with Gasteiger partial charge in [0.15, 0.2) is 15.1 Å². The first-order chi connectivity index (χ1) is 8.65. The fourth-order valence-electron chi connectivity index (χ4n) is 2.25. The predicted molar refractivity (Wildman–Crippen MR) is 72.2 cm³/mol. The van der Waals surface area contributed by atoms with Gasteiger partial charge >= 0.3 is 5.97 Å². The van der Waals surface area contributed by atoms with Gasteiger partial charge in [0.2, 0.25) is 0 Å². The molecule has 6 heteroatoms. The number of aliphatic carboxylic acids is 1. The molecule has 2 N–H and O–H groups in total. The van der Waals surface area contributed by atoms with Crippen molar-refractivity contribution in [3.8, 4) is 0 Å². The lowest BCUT2D eigenvalue weighted by molar-refractivity contribution is -0.136. The van der Waals surface area contributed by atoms with Crippen molar-refractivity contribution in [2.45, 2.75) is 36.3 Å². The van der Waals surface area contributed by atoms with Crippen LogP contribution in [0.2, 0.25) is 0 Å². The Bertz CT molecular complexity index is 629. The third-order valence-corrected chi connectivity index (χ3v) is 5.33. The molecule has 1 aliphatic heterocycles. The van der Waals surface area contributed by atoms with Crippen LogP contribution in [0.1, 0.15) is 26.3 Å². The minimum Gasteiger partial charge on any atom is -0.480 e. The van der Waals surface area contributed by atoms with Crippen LogP contribution >= 0.6 is 0 Å². The number of nitrogens with one attached hydrogen (secondary N) is 1. The molecule has 104 valence electrons. The maximum atomic E-state index is 12.3. The molecule has 0 aromatic heterocycles. The second-order valence-corrected chi connectivity index (χ2v) is 7.78. The molecular formula is C13H17NO4S. The van der Waals surface area contributed by atoms with Gasteiger partial charge in [0.05, 0.1) is 10.6 Å². The third kappa shape index (κ3) is 2.20. The molecular weight excluding hydrogens is 266 g/mol. The van der Waals surface area contributed by atoms with Crippen LogP contribution in [0.3, 0.4) is 0 Å². The second-order valence-electron chi connectivity index (χ2n) is 5.68. The standard InChI is InChI=1S/C13H17NO4S/c1-13(2,3)8-5-4-6-9-11(8)14-7-10(12(15)16)19(9,17)18/h4-6,10,14H,7H2,1-3H3,(H,15,16). The Labute approximate surface area is 112 Å². The Balaban J connectivity index is 2.67. The topological polar surface area (TPSA) is 83.5 Å². The lowest BCUT2D eigenvalue weighted by Crippen LogP contribution is -2.41. The van der Waals surface area contributed by atoms with E-state index in [2.05, 4.69) is 5.32 Å². The van der Waals surface area contributed by atoms with Gasteiger partial charge in [-0.3, -0.25) is 4.79 Å². The van der Waals surface area contributed by atoms with Crippen LogP contribution in [-0.4, -0.2) is 31.3 Å². The molecule has 0 spiro atoms. The number of carbonyl (C=O) groups is 1. The molecule has 1 unspecified atom stereocenters. The van der Waals surface area contributed by atoms with Crippen LogP contribution in [0.25, 0.3) is 0 Å². The van der Waals surface area contributed by atoms with Crippen LogP contribution in [0.4, 0.5) is 5.69 Å². The largest absolute Gasteiger partial charge is 0.480 e. The average Bonchev–Trinajstić information content (AvgIpc) is 2.26. The van der Waals surface area contributed by atoms with E-state index in [0.29, 0.717) is 5.69 Å². The molecule has 1 aromatic carbocycles. The number of benzene rings is 1.